The second kappa shape index (κ2) is 5.71. The van der Waals surface area contributed by atoms with Crippen molar-refractivity contribution in [1.29, 1.82) is 0 Å². The Morgan fingerprint density at radius 3 is 2.59 bits per heavy atom. The second-order valence-corrected chi connectivity index (χ2v) is 6.41. The molecule has 0 saturated heterocycles. The highest BCUT2D eigenvalue weighted by atomic mass is 16.5. The summed E-state index contributed by atoms with van der Waals surface area (Å²) >= 11 is 0. The van der Waals surface area contributed by atoms with E-state index in [2.05, 4.69) is 26.2 Å². The van der Waals surface area contributed by atoms with E-state index in [1.54, 1.807) is 0 Å². The first-order valence-corrected chi connectivity index (χ1v) is 7.48. The molecule has 2 heteroatoms. The van der Waals surface area contributed by atoms with Gasteiger partial charge in [0.1, 0.15) is 0 Å². The summed E-state index contributed by atoms with van der Waals surface area (Å²) in [6, 6.07) is 0.722. The van der Waals surface area contributed by atoms with Gasteiger partial charge in [0, 0.05) is 18.1 Å². The smallest absolute Gasteiger partial charge is 0.0661 e. The van der Waals surface area contributed by atoms with Crippen molar-refractivity contribution >= 4 is 0 Å². The van der Waals surface area contributed by atoms with Gasteiger partial charge in [0.25, 0.3) is 0 Å². The highest BCUT2D eigenvalue weighted by Gasteiger charge is 2.55. The maximum atomic E-state index is 6.16. The molecule has 2 fully saturated rings. The van der Waals surface area contributed by atoms with Crippen LogP contribution in [0, 0.1) is 11.3 Å². The third-order valence-corrected chi connectivity index (χ3v) is 4.91. The second-order valence-electron chi connectivity index (χ2n) is 6.41. The van der Waals surface area contributed by atoms with Crippen LogP contribution in [-0.2, 0) is 4.74 Å². The van der Waals surface area contributed by atoms with E-state index in [-0.39, 0.29) is 0 Å². The molecule has 0 aliphatic heterocycles. The van der Waals surface area contributed by atoms with E-state index in [1.807, 2.05) is 0 Å². The molecule has 0 bridgehead atoms. The Kier molecular flexibility index (Phi) is 4.48. The average molecular weight is 239 g/mol. The van der Waals surface area contributed by atoms with Crippen molar-refractivity contribution in [1.82, 2.24) is 5.32 Å². The van der Waals surface area contributed by atoms with E-state index >= 15 is 0 Å². The van der Waals surface area contributed by atoms with Crippen molar-refractivity contribution in [3.8, 4) is 0 Å². The fraction of sp³-hybridized carbons (Fsp3) is 1.00. The Labute approximate surface area is 107 Å². The largest absolute Gasteiger partial charge is 0.378 e. The zero-order valence-electron chi connectivity index (χ0n) is 11.8. The van der Waals surface area contributed by atoms with Gasteiger partial charge in [-0.3, -0.25) is 0 Å². The summed E-state index contributed by atoms with van der Waals surface area (Å²) in [5.74, 6) is 0.811. The number of hydrogen-bond donors (Lipinski definition) is 1. The van der Waals surface area contributed by atoms with E-state index < -0.39 is 0 Å². The fourth-order valence-corrected chi connectivity index (χ4v) is 3.81. The lowest BCUT2D eigenvalue weighted by atomic mass is 9.60. The molecule has 2 unspecified atom stereocenters. The van der Waals surface area contributed by atoms with Gasteiger partial charge in [-0.1, -0.05) is 26.7 Å². The molecule has 2 nitrogen and oxygen atoms in total. The van der Waals surface area contributed by atoms with Crippen LogP contribution in [0.2, 0.25) is 0 Å². The predicted molar refractivity (Wildman–Crippen MR) is 72.2 cm³/mol. The van der Waals surface area contributed by atoms with Crippen LogP contribution in [0.4, 0.5) is 0 Å². The molecule has 17 heavy (non-hydrogen) atoms. The van der Waals surface area contributed by atoms with Gasteiger partial charge in [-0.25, -0.2) is 0 Å². The molecule has 0 radical (unpaired) electrons. The SMILES string of the molecule is CNC1CC(OCCCC(C)C)C12CCCC2. The standard InChI is InChI=1S/C15H29NO/c1-12(2)7-6-10-17-14-11-13(16-3)15(14)8-4-5-9-15/h12-14,16H,4-11H2,1-3H3. The van der Waals surface area contributed by atoms with Gasteiger partial charge in [0.05, 0.1) is 6.10 Å². The summed E-state index contributed by atoms with van der Waals surface area (Å²) in [6.45, 7) is 5.55. The topological polar surface area (TPSA) is 21.3 Å². The fourth-order valence-electron chi connectivity index (χ4n) is 3.81. The molecule has 1 spiro atoms. The lowest BCUT2D eigenvalue weighted by molar-refractivity contribution is -0.132. The maximum absolute atomic E-state index is 6.16. The zero-order valence-corrected chi connectivity index (χ0v) is 11.8. The van der Waals surface area contributed by atoms with Gasteiger partial charge in [-0.05, 0) is 45.1 Å². The molecule has 0 amide bonds. The molecule has 2 aliphatic carbocycles. The molecule has 100 valence electrons. The molecule has 2 saturated carbocycles. The highest BCUT2D eigenvalue weighted by Crippen LogP contribution is 2.54. The zero-order chi connectivity index (χ0) is 12.3. The number of nitrogens with one attached hydrogen (secondary N) is 1. The first-order valence-electron chi connectivity index (χ1n) is 7.48. The monoisotopic (exact) mass is 239 g/mol. The lowest BCUT2D eigenvalue weighted by Gasteiger charge is -2.54. The lowest BCUT2D eigenvalue weighted by Crippen LogP contribution is -2.61. The average Bonchev–Trinajstić information content (AvgIpc) is 2.78. The van der Waals surface area contributed by atoms with Crippen LogP contribution in [0.5, 0.6) is 0 Å². The van der Waals surface area contributed by atoms with Crippen LogP contribution >= 0.6 is 0 Å². The molecular weight excluding hydrogens is 210 g/mol. The summed E-state index contributed by atoms with van der Waals surface area (Å²) in [5.41, 5.74) is 0.507. The third kappa shape index (κ3) is 2.68. The Morgan fingerprint density at radius 1 is 1.29 bits per heavy atom. The minimum atomic E-state index is 0.507. The van der Waals surface area contributed by atoms with Gasteiger partial charge in [-0.2, -0.15) is 0 Å². The van der Waals surface area contributed by atoms with E-state index in [9.17, 15) is 0 Å². The maximum Gasteiger partial charge on any atom is 0.0661 e. The summed E-state index contributed by atoms with van der Waals surface area (Å²) in [5, 5.41) is 3.49. The Balaban J connectivity index is 1.74. The molecule has 0 aromatic rings. The Morgan fingerprint density at radius 2 is 2.00 bits per heavy atom. The minimum absolute atomic E-state index is 0.507. The number of hydrogen-bond acceptors (Lipinski definition) is 2. The van der Waals surface area contributed by atoms with Crippen LogP contribution in [0.15, 0.2) is 0 Å². The molecule has 0 aromatic heterocycles. The van der Waals surface area contributed by atoms with Crippen LogP contribution in [0.25, 0.3) is 0 Å². The molecule has 1 N–H and O–H groups in total. The van der Waals surface area contributed by atoms with Crippen LogP contribution in [-0.4, -0.2) is 25.8 Å². The first kappa shape index (κ1) is 13.4. The van der Waals surface area contributed by atoms with E-state index in [4.69, 9.17) is 4.74 Å². The molecule has 0 heterocycles. The van der Waals surface area contributed by atoms with Crippen LogP contribution in [0.3, 0.4) is 0 Å². The number of rotatable bonds is 6. The first-order chi connectivity index (χ1) is 8.19. The third-order valence-electron chi connectivity index (χ3n) is 4.91. The Hall–Kier alpha value is -0.0800. The van der Waals surface area contributed by atoms with Gasteiger partial charge >= 0.3 is 0 Å². The molecular formula is C15H29NO. The van der Waals surface area contributed by atoms with Gasteiger partial charge in [0.15, 0.2) is 0 Å². The summed E-state index contributed by atoms with van der Waals surface area (Å²) in [4.78, 5) is 0. The number of ether oxygens (including phenoxy) is 1. The normalized spacial score (nSPS) is 31.1. The highest BCUT2D eigenvalue weighted by molar-refractivity contribution is 5.09. The van der Waals surface area contributed by atoms with E-state index in [0.717, 1.165) is 18.6 Å². The molecule has 2 aliphatic rings. The van der Waals surface area contributed by atoms with Crippen LogP contribution in [0.1, 0.15) is 58.8 Å². The van der Waals surface area contributed by atoms with Crippen molar-refractivity contribution < 1.29 is 4.74 Å². The molecule has 2 rings (SSSR count). The van der Waals surface area contributed by atoms with E-state index in [0.29, 0.717) is 11.5 Å². The van der Waals surface area contributed by atoms with E-state index in [1.165, 1.54) is 44.9 Å². The summed E-state index contributed by atoms with van der Waals surface area (Å²) < 4.78 is 6.16. The summed E-state index contributed by atoms with van der Waals surface area (Å²) in [6.07, 6.45) is 9.89. The molecule has 2 atom stereocenters. The predicted octanol–water partition coefficient (Wildman–Crippen LogP) is 3.36. The summed E-state index contributed by atoms with van der Waals surface area (Å²) in [7, 11) is 2.11. The van der Waals surface area contributed by atoms with Gasteiger partial charge < -0.3 is 10.1 Å². The van der Waals surface area contributed by atoms with Crippen molar-refractivity contribution in [3.63, 3.8) is 0 Å². The van der Waals surface area contributed by atoms with Gasteiger partial charge in [-0.15, -0.1) is 0 Å². The minimum Gasteiger partial charge on any atom is -0.378 e. The van der Waals surface area contributed by atoms with Crippen LogP contribution < -0.4 is 5.32 Å². The Bertz CT molecular complexity index is 233. The van der Waals surface area contributed by atoms with Crippen molar-refractivity contribution in [2.45, 2.75) is 70.9 Å². The van der Waals surface area contributed by atoms with Gasteiger partial charge in [0.2, 0.25) is 0 Å². The van der Waals surface area contributed by atoms with Crippen molar-refractivity contribution in [3.05, 3.63) is 0 Å². The van der Waals surface area contributed by atoms with Crippen molar-refractivity contribution in [2.75, 3.05) is 13.7 Å². The molecule has 0 aromatic carbocycles. The quantitative estimate of drug-likeness (QED) is 0.718. The van der Waals surface area contributed by atoms with Crippen molar-refractivity contribution in [2.24, 2.45) is 11.3 Å².